The first kappa shape index (κ1) is 17.5. The zero-order valence-corrected chi connectivity index (χ0v) is 12.3. The number of carbonyl (C=O) groups is 1. The molecule has 21 heavy (non-hydrogen) atoms. The van der Waals surface area contributed by atoms with Gasteiger partial charge < -0.3 is 15.7 Å². The van der Waals surface area contributed by atoms with Crippen molar-refractivity contribution in [3.63, 3.8) is 0 Å². The van der Waals surface area contributed by atoms with Crippen LogP contribution in [0.25, 0.3) is 0 Å². The number of hydrogen-bond donors (Lipinski definition) is 3. The number of nitrogens with one attached hydrogen (secondary N) is 2. The SMILES string of the molecule is CCC(CC)C(O)CNCC(=O)Nc1c(F)cccc1F. The van der Waals surface area contributed by atoms with Gasteiger partial charge in [0.15, 0.2) is 0 Å². The Hall–Kier alpha value is -1.53. The summed E-state index contributed by atoms with van der Waals surface area (Å²) in [5.74, 6) is -2.03. The number of anilines is 1. The van der Waals surface area contributed by atoms with Crippen molar-refractivity contribution >= 4 is 11.6 Å². The average Bonchev–Trinajstić information content (AvgIpc) is 2.44. The molecule has 1 unspecified atom stereocenters. The van der Waals surface area contributed by atoms with Crippen LogP contribution in [0, 0.1) is 17.6 Å². The number of aliphatic hydroxyl groups is 1. The van der Waals surface area contributed by atoms with E-state index in [0.717, 1.165) is 25.0 Å². The largest absolute Gasteiger partial charge is 0.392 e. The fourth-order valence-corrected chi connectivity index (χ4v) is 2.13. The van der Waals surface area contributed by atoms with Crippen LogP contribution in [0.1, 0.15) is 26.7 Å². The molecular formula is C15H22F2N2O2. The molecule has 0 bridgehead atoms. The van der Waals surface area contributed by atoms with Crippen molar-refractivity contribution in [3.05, 3.63) is 29.8 Å². The summed E-state index contributed by atoms with van der Waals surface area (Å²) in [6, 6.07) is 3.37. The summed E-state index contributed by atoms with van der Waals surface area (Å²) in [5, 5.41) is 14.8. The van der Waals surface area contributed by atoms with Gasteiger partial charge in [-0.3, -0.25) is 4.79 Å². The molecule has 0 aliphatic rings. The number of rotatable bonds is 8. The predicted molar refractivity (Wildman–Crippen MR) is 77.9 cm³/mol. The first-order chi connectivity index (χ1) is 9.99. The van der Waals surface area contributed by atoms with Gasteiger partial charge in [0.25, 0.3) is 0 Å². The molecule has 1 rings (SSSR count). The van der Waals surface area contributed by atoms with Crippen LogP contribution in [-0.4, -0.2) is 30.2 Å². The van der Waals surface area contributed by atoms with Crippen molar-refractivity contribution in [2.45, 2.75) is 32.8 Å². The third kappa shape index (κ3) is 5.40. The highest BCUT2D eigenvalue weighted by molar-refractivity contribution is 5.92. The normalized spacial score (nSPS) is 12.5. The van der Waals surface area contributed by atoms with Gasteiger partial charge in [0, 0.05) is 6.54 Å². The quantitative estimate of drug-likeness (QED) is 0.690. The summed E-state index contributed by atoms with van der Waals surface area (Å²) >= 11 is 0. The molecule has 0 heterocycles. The van der Waals surface area contributed by atoms with Crippen LogP contribution < -0.4 is 10.6 Å². The smallest absolute Gasteiger partial charge is 0.238 e. The Morgan fingerprint density at radius 3 is 2.33 bits per heavy atom. The highest BCUT2D eigenvalue weighted by atomic mass is 19.1. The van der Waals surface area contributed by atoms with Gasteiger partial charge in [-0.05, 0) is 18.1 Å². The minimum absolute atomic E-state index is 0.120. The Labute approximate surface area is 123 Å². The Morgan fingerprint density at radius 2 is 1.81 bits per heavy atom. The summed E-state index contributed by atoms with van der Waals surface area (Å²) in [5.41, 5.74) is -0.454. The topological polar surface area (TPSA) is 61.4 Å². The Morgan fingerprint density at radius 1 is 1.24 bits per heavy atom. The minimum Gasteiger partial charge on any atom is -0.392 e. The fraction of sp³-hybridized carbons (Fsp3) is 0.533. The van der Waals surface area contributed by atoms with Gasteiger partial charge in [-0.1, -0.05) is 32.8 Å². The van der Waals surface area contributed by atoms with E-state index in [0.29, 0.717) is 0 Å². The number of hydrogen-bond acceptors (Lipinski definition) is 3. The maximum atomic E-state index is 13.3. The van der Waals surface area contributed by atoms with E-state index in [9.17, 15) is 18.7 Å². The van der Waals surface area contributed by atoms with Gasteiger partial charge in [-0.2, -0.15) is 0 Å². The van der Waals surface area contributed by atoms with E-state index < -0.39 is 29.3 Å². The molecule has 1 atom stereocenters. The van der Waals surface area contributed by atoms with Crippen molar-refractivity contribution in [1.29, 1.82) is 0 Å². The van der Waals surface area contributed by atoms with Gasteiger partial charge >= 0.3 is 0 Å². The van der Waals surface area contributed by atoms with Crippen LogP contribution in [0.15, 0.2) is 18.2 Å². The Bertz CT molecular complexity index is 445. The second kappa shape index (κ2) is 8.69. The van der Waals surface area contributed by atoms with Gasteiger partial charge in [-0.15, -0.1) is 0 Å². The zero-order chi connectivity index (χ0) is 15.8. The molecule has 0 aromatic heterocycles. The molecule has 4 nitrogen and oxygen atoms in total. The van der Waals surface area contributed by atoms with E-state index in [2.05, 4.69) is 10.6 Å². The maximum Gasteiger partial charge on any atom is 0.238 e. The number of aliphatic hydroxyl groups excluding tert-OH is 1. The van der Waals surface area contributed by atoms with Crippen molar-refractivity contribution in [1.82, 2.24) is 5.32 Å². The summed E-state index contributed by atoms with van der Waals surface area (Å²) < 4.78 is 26.7. The maximum absolute atomic E-state index is 13.3. The van der Waals surface area contributed by atoms with Crippen LogP contribution in [-0.2, 0) is 4.79 Å². The lowest BCUT2D eigenvalue weighted by Crippen LogP contribution is -2.37. The second-order valence-electron chi connectivity index (χ2n) is 4.92. The number of carbonyl (C=O) groups excluding carboxylic acids is 1. The van der Waals surface area contributed by atoms with Gasteiger partial charge in [0.1, 0.15) is 17.3 Å². The Kier molecular flexibility index (Phi) is 7.25. The number of halogens is 2. The zero-order valence-electron chi connectivity index (χ0n) is 12.3. The first-order valence-corrected chi connectivity index (χ1v) is 7.12. The molecule has 0 aliphatic heterocycles. The van der Waals surface area contributed by atoms with Crippen molar-refractivity contribution < 1.29 is 18.7 Å². The Balaban J connectivity index is 2.41. The molecule has 3 N–H and O–H groups in total. The van der Waals surface area contributed by atoms with E-state index in [1.807, 2.05) is 13.8 Å². The number of para-hydroxylation sites is 1. The van der Waals surface area contributed by atoms with E-state index >= 15 is 0 Å². The van der Waals surface area contributed by atoms with Crippen LogP contribution >= 0.6 is 0 Å². The molecule has 1 aromatic carbocycles. The number of amides is 1. The molecule has 1 aromatic rings. The molecule has 0 saturated heterocycles. The van der Waals surface area contributed by atoms with Crippen LogP contribution in [0.5, 0.6) is 0 Å². The lowest BCUT2D eigenvalue weighted by molar-refractivity contribution is -0.115. The molecule has 6 heteroatoms. The van der Waals surface area contributed by atoms with Crippen LogP contribution in [0.3, 0.4) is 0 Å². The highest BCUT2D eigenvalue weighted by Gasteiger charge is 2.16. The van der Waals surface area contributed by atoms with Crippen molar-refractivity contribution in [3.8, 4) is 0 Å². The predicted octanol–water partition coefficient (Wildman–Crippen LogP) is 2.29. The molecule has 118 valence electrons. The van der Waals surface area contributed by atoms with Gasteiger partial charge in [0.05, 0.1) is 12.6 Å². The molecule has 0 aliphatic carbocycles. The first-order valence-electron chi connectivity index (χ1n) is 7.12. The summed E-state index contributed by atoms with van der Waals surface area (Å²) in [6.07, 6.45) is 1.16. The summed E-state index contributed by atoms with van der Waals surface area (Å²) in [4.78, 5) is 11.6. The lowest BCUT2D eigenvalue weighted by atomic mass is 9.97. The molecule has 0 radical (unpaired) electrons. The third-order valence-electron chi connectivity index (χ3n) is 3.46. The highest BCUT2D eigenvalue weighted by Crippen LogP contribution is 2.17. The van der Waals surface area contributed by atoms with E-state index in [1.165, 1.54) is 6.07 Å². The monoisotopic (exact) mass is 300 g/mol. The summed E-state index contributed by atoms with van der Waals surface area (Å²) in [7, 11) is 0. The second-order valence-corrected chi connectivity index (χ2v) is 4.92. The minimum atomic E-state index is -0.819. The third-order valence-corrected chi connectivity index (χ3v) is 3.46. The van der Waals surface area contributed by atoms with Gasteiger partial charge in [0.2, 0.25) is 5.91 Å². The molecule has 1 amide bonds. The van der Waals surface area contributed by atoms with E-state index in [-0.39, 0.29) is 19.0 Å². The van der Waals surface area contributed by atoms with Crippen LogP contribution in [0.2, 0.25) is 0 Å². The number of benzene rings is 1. The molecular weight excluding hydrogens is 278 g/mol. The van der Waals surface area contributed by atoms with Crippen molar-refractivity contribution in [2.24, 2.45) is 5.92 Å². The standard InChI is InChI=1S/C15H22F2N2O2/c1-3-10(4-2)13(20)8-18-9-14(21)19-15-11(16)6-5-7-12(15)17/h5-7,10,13,18,20H,3-4,8-9H2,1-2H3,(H,19,21). The lowest BCUT2D eigenvalue weighted by Gasteiger charge is -2.20. The fourth-order valence-electron chi connectivity index (χ4n) is 2.13. The molecule has 0 saturated carbocycles. The van der Waals surface area contributed by atoms with Crippen molar-refractivity contribution in [2.75, 3.05) is 18.4 Å². The van der Waals surface area contributed by atoms with Gasteiger partial charge in [-0.25, -0.2) is 8.78 Å². The van der Waals surface area contributed by atoms with Crippen LogP contribution in [0.4, 0.5) is 14.5 Å². The molecule has 0 fully saturated rings. The molecule has 0 spiro atoms. The average molecular weight is 300 g/mol. The van der Waals surface area contributed by atoms with E-state index in [4.69, 9.17) is 0 Å². The van der Waals surface area contributed by atoms with E-state index in [1.54, 1.807) is 0 Å². The summed E-state index contributed by atoms with van der Waals surface area (Å²) in [6.45, 7) is 4.13.